The first-order chi connectivity index (χ1) is 19.3. The number of aromatic nitrogens is 4. The predicted molar refractivity (Wildman–Crippen MR) is 150 cm³/mol. The van der Waals surface area contributed by atoms with E-state index >= 15 is 0 Å². The van der Waals surface area contributed by atoms with Gasteiger partial charge in [-0.3, -0.25) is 14.4 Å². The number of benzene rings is 3. The minimum atomic E-state index is -1.06. The number of H-pyrrole nitrogens is 1. The zero-order valence-electron chi connectivity index (χ0n) is 21.9. The van der Waals surface area contributed by atoms with E-state index in [2.05, 4.69) is 15.6 Å². The molecule has 4 N–H and O–H groups in total. The topological polar surface area (TPSA) is 145 Å². The summed E-state index contributed by atoms with van der Waals surface area (Å²) in [5, 5.41) is 15.2. The summed E-state index contributed by atoms with van der Waals surface area (Å²) in [4.78, 5) is 51.3. The van der Waals surface area contributed by atoms with Crippen LogP contribution in [-0.2, 0) is 29.7 Å². The zero-order chi connectivity index (χ0) is 28.0. The number of anilines is 1. The van der Waals surface area contributed by atoms with Crippen molar-refractivity contribution in [3.63, 3.8) is 0 Å². The van der Waals surface area contributed by atoms with Crippen LogP contribution < -0.4 is 10.6 Å². The predicted octanol–water partition coefficient (Wildman–Crippen LogP) is 3.27. The highest BCUT2D eigenvalue weighted by Gasteiger charge is 2.29. The Kier molecular flexibility index (Phi) is 6.18. The van der Waals surface area contributed by atoms with Gasteiger partial charge < -0.3 is 30.2 Å². The summed E-state index contributed by atoms with van der Waals surface area (Å²) < 4.78 is 2.00. The van der Waals surface area contributed by atoms with Crippen LogP contribution in [0, 0.1) is 0 Å². The Morgan fingerprint density at radius 1 is 1.05 bits per heavy atom. The number of hydrogen-bond donors (Lipinski definition) is 4. The third-order valence-corrected chi connectivity index (χ3v) is 7.20. The molecule has 0 radical (unpaired) electrons. The molecule has 1 aliphatic rings. The van der Waals surface area contributed by atoms with Crippen molar-refractivity contribution in [2.45, 2.75) is 25.6 Å². The Hall–Kier alpha value is -5.19. The van der Waals surface area contributed by atoms with Gasteiger partial charge in [-0.05, 0) is 47.5 Å². The van der Waals surface area contributed by atoms with Crippen LogP contribution in [0.25, 0.3) is 33.7 Å². The molecule has 1 atom stereocenters. The summed E-state index contributed by atoms with van der Waals surface area (Å²) in [7, 11) is 3.57. The third kappa shape index (κ3) is 4.51. The number of aliphatic carboxylic acids is 1. The molecule has 6 rings (SSSR count). The number of hydrogen-bond acceptors (Lipinski definition) is 6. The van der Waals surface area contributed by atoms with Crippen molar-refractivity contribution in [2.75, 3.05) is 12.4 Å². The van der Waals surface area contributed by atoms with E-state index < -0.39 is 12.0 Å². The van der Waals surface area contributed by atoms with Gasteiger partial charge in [0.05, 0.1) is 28.5 Å². The van der Waals surface area contributed by atoms with Gasteiger partial charge in [0, 0.05) is 38.4 Å². The smallest absolute Gasteiger partial charge is 0.305 e. The number of imidazole rings is 2. The molecule has 3 heterocycles. The molecule has 202 valence electrons. The van der Waals surface area contributed by atoms with Crippen LogP contribution in [0.1, 0.15) is 27.9 Å². The zero-order valence-corrected chi connectivity index (χ0v) is 21.9. The monoisotopic (exact) mass is 537 g/mol. The van der Waals surface area contributed by atoms with Gasteiger partial charge in [-0.2, -0.15) is 0 Å². The van der Waals surface area contributed by atoms with Crippen LogP contribution in [0.15, 0.2) is 60.7 Å². The van der Waals surface area contributed by atoms with Crippen LogP contribution in [0.4, 0.5) is 5.69 Å². The number of likely N-dealkylation sites (N-methyl/N-ethyl adjacent to an activating group) is 1. The molecule has 0 unspecified atom stereocenters. The number of aromatic amines is 1. The molecular formula is C29H27N7O4. The molecule has 11 nitrogen and oxygen atoms in total. The summed E-state index contributed by atoms with van der Waals surface area (Å²) in [6.45, 7) is 0.533. The maximum Gasteiger partial charge on any atom is 0.305 e. The summed E-state index contributed by atoms with van der Waals surface area (Å²) in [5.74, 6) is -0.275. The highest BCUT2D eigenvalue weighted by atomic mass is 16.4. The van der Waals surface area contributed by atoms with Crippen molar-refractivity contribution >= 4 is 45.5 Å². The van der Waals surface area contributed by atoms with Gasteiger partial charge in [-0.15, -0.1) is 0 Å². The van der Waals surface area contributed by atoms with Crippen molar-refractivity contribution < 1.29 is 19.5 Å². The number of carboxylic acids is 1. The van der Waals surface area contributed by atoms with E-state index in [1.54, 1.807) is 25.2 Å². The third-order valence-electron chi connectivity index (χ3n) is 7.20. The molecule has 40 heavy (non-hydrogen) atoms. The molecule has 0 bridgehead atoms. The van der Waals surface area contributed by atoms with E-state index in [0.717, 1.165) is 39.0 Å². The molecular weight excluding hydrogens is 510 g/mol. The van der Waals surface area contributed by atoms with Crippen LogP contribution in [-0.4, -0.2) is 60.4 Å². The van der Waals surface area contributed by atoms with Gasteiger partial charge in [-0.25, -0.2) is 9.97 Å². The lowest BCUT2D eigenvalue weighted by molar-refractivity contribution is -0.141. The molecule has 2 amide bonds. The van der Waals surface area contributed by atoms with Crippen molar-refractivity contribution in [1.29, 1.82) is 0 Å². The fraction of sp³-hybridized carbons (Fsp3) is 0.207. The van der Waals surface area contributed by atoms with Crippen LogP contribution in [0.3, 0.4) is 0 Å². The Bertz CT molecular complexity index is 1810. The van der Waals surface area contributed by atoms with Gasteiger partial charge in [0.15, 0.2) is 11.6 Å². The quantitative estimate of drug-likeness (QED) is 0.260. The largest absolute Gasteiger partial charge is 0.481 e. The second kappa shape index (κ2) is 9.84. The minimum absolute atomic E-state index is 0.261. The van der Waals surface area contributed by atoms with Gasteiger partial charge in [-0.1, -0.05) is 24.3 Å². The van der Waals surface area contributed by atoms with E-state index in [0.29, 0.717) is 17.1 Å². The molecule has 0 aliphatic carbocycles. The van der Waals surface area contributed by atoms with Crippen molar-refractivity contribution in [3.8, 4) is 11.6 Å². The minimum Gasteiger partial charge on any atom is -0.481 e. The maximum absolute atomic E-state index is 13.1. The first-order valence-corrected chi connectivity index (χ1v) is 12.8. The molecule has 0 saturated heterocycles. The summed E-state index contributed by atoms with van der Waals surface area (Å²) in [5.41, 5.74) is 6.17. The van der Waals surface area contributed by atoms with Crippen LogP contribution >= 0.6 is 0 Å². The van der Waals surface area contributed by atoms with Crippen LogP contribution in [0.5, 0.6) is 0 Å². The molecule has 2 aromatic heterocycles. The second-order valence-corrected chi connectivity index (χ2v) is 9.92. The van der Waals surface area contributed by atoms with Gasteiger partial charge in [0.25, 0.3) is 5.91 Å². The fourth-order valence-corrected chi connectivity index (χ4v) is 5.15. The van der Waals surface area contributed by atoms with Gasteiger partial charge >= 0.3 is 5.97 Å². The number of rotatable bonds is 6. The number of para-hydroxylation sites is 3. The number of aryl methyl sites for hydroxylation is 1. The number of nitrogens with one attached hydrogen (secondary N) is 3. The lowest BCUT2D eigenvalue weighted by atomic mass is 10.1. The Balaban J connectivity index is 1.22. The van der Waals surface area contributed by atoms with E-state index in [9.17, 15) is 19.5 Å². The van der Waals surface area contributed by atoms with E-state index in [1.165, 1.54) is 4.90 Å². The Morgan fingerprint density at radius 3 is 2.65 bits per heavy atom. The van der Waals surface area contributed by atoms with E-state index in [4.69, 9.17) is 9.97 Å². The highest BCUT2D eigenvalue weighted by molar-refractivity contribution is 5.96. The molecule has 5 aromatic rings. The lowest BCUT2D eigenvalue weighted by Gasteiger charge is -2.19. The summed E-state index contributed by atoms with van der Waals surface area (Å²) in [6, 6.07) is 17.9. The first kappa shape index (κ1) is 25.1. The van der Waals surface area contributed by atoms with Crippen molar-refractivity contribution in [3.05, 3.63) is 77.4 Å². The number of fused-ring (bicyclic) bond motifs is 3. The summed E-state index contributed by atoms with van der Waals surface area (Å²) in [6.07, 6.45) is -0.331. The molecule has 3 aromatic carbocycles. The van der Waals surface area contributed by atoms with Crippen molar-refractivity contribution in [2.24, 2.45) is 7.05 Å². The average Bonchev–Trinajstić information content (AvgIpc) is 3.49. The number of carbonyl (C=O) groups excluding carboxylic acids is 2. The standard InChI is InChI=1S/C29H27N7O4/c1-35-15-18-12-16(10-11-19(18)31-22(29(35)40)13-24(37)38)28(39)30-14-17-6-5-8-21-25(17)34-26(32-21)27-33-20-7-3-4-9-23(20)36(27)2/h3-12,22,31H,13-15H2,1-2H3,(H,30,39)(H,32,34)(H,37,38)/t22-/m0/s1. The van der Waals surface area contributed by atoms with Crippen LogP contribution in [0.2, 0.25) is 0 Å². The number of carboxylic acid groups (broad SMARTS) is 1. The number of carbonyl (C=O) groups is 3. The number of amides is 2. The van der Waals surface area contributed by atoms with Gasteiger partial charge in [0.1, 0.15) is 6.04 Å². The Labute approximate surface area is 228 Å². The average molecular weight is 538 g/mol. The molecule has 0 saturated carbocycles. The molecule has 1 aliphatic heterocycles. The number of nitrogens with zero attached hydrogens (tertiary/aromatic N) is 4. The maximum atomic E-state index is 13.1. The summed E-state index contributed by atoms with van der Waals surface area (Å²) >= 11 is 0. The second-order valence-electron chi connectivity index (χ2n) is 9.92. The normalized spacial score (nSPS) is 15.1. The van der Waals surface area contributed by atoms with Crippen molar-refractivity contribution in [1.82, 2.24) is 29.7 Å². The van der Waals surface area contributed by atoms with E-state index in [-0.39, 0.29) is 31.3 Å². The van der Waals surface area contributed by atoms with E-state index in [1.807, 2.05) is 54.1 Å². The molecule has 0 fully saturated rings. The first-order valence-electron chi connectivity index (χ1n) is 12.8. The SMILES string of the molecule is CN1Cc2cc(C(=O)NCc3cccc4nc(-c5nc6ccccc6n5C)[nH]c34)ccc2N[C@@H](CC(=O)O)C1=O. The highest BCUT2D eigenvalue weighted by Crippen LogP contribution is 2.27. The molecule has 0 spiro atoms. The molecule has 11 heteroatoms. The van der Waals surface area contributed by atoms with Gasteiger partial charge in [0.2, 0.25) is 5.91 Å². The lowest BCUT2D eigenvalue weighted by Crippen LogP contribution is -2.39. The fourth-order valence-electron chi connectivity index (χ4n) is 5.15. The Morgan fingerprint density at radius 2 is 1.85 bits per heavy atom.